The van der Waals surface area contributed by atoms with Gasteiger partial charge in [0.15, 0.2) is 18.1 Å². The Morgan fingerprint density at radius 2 is 1.86 bits per heavy atom. The Labute approximate surface area is 246 Å². The third kappa shape index (κ3) is 7.50. The zero-order valence-corrected chi connectivity index (χ0v) is 24.4. The molecule has 3 aromatic rings. The number of carbonyl (C=O) groups excluding carboxylic acids is 2. The first kappa shape index (κ1) is 29.2. The molecule has 1 fully saturated rings. The van der Waals surface area contributed by atoms with Gasteiger partial charge in [0.05, 0.1) is 26.0 Å². The topological polar surface area (TPSA) is 111 Å². The zero-order chi connectivity index (χ0) is 29.5. The summed E-state index contributed by atoms with van der Waals surface area (Å²) in [4.78, 5) is 32.8. The van der Waals surface area contributed by atoms with Crippen molar-refractivity contribution in [2.24, 2.45) is 0 Å². The Morgan fingerprint density at radius 3 is 2.67 bits per heavy atom. The van der Waals surface area contributed by atoms with Gasteiger partial charge in [0.2, 0.25) is 5.91 Å². The van der Waals surface area contributed by atoms with Crippen molar-refractivity contribution < 1.29 is 28.5 Å². The maximum Gasteiger partial charge on any atom is 0.258 e. The first-order valence-corrected chi connectivity index (χ1v) is 14.2. The van der Waals surface area contributed by atoms with Crippen molar-refractivity contribution >= 4 is 11.8 Å². The van der Waals surface area contributed by atoms with E-state index in [1.165, 1.54) is 0 Å². The third-order valence-electron chi connectivity index (χ3n) is 7.56. The van der Waals surface area contributed by atoms with Gasteiger partial charge in [-0.3, -0.25) is 19.5 Å². The first-order chi connectivity index (χ1) is 20.4. The smallest absolute Gasteiger partial charge is 0.258 e. The maximum absolute atomic E-state index is 13.2. The molecule has 6 rings (SSSR count). The number of carbonyl (C=O) groups is 2. The fourth-order valence-electron chi connectivity index (χ4n) is 5.38. The van der Waals surface area contributed by atoms with Crippen LogP contribution in [0, 0.1) is 6.92 Å². The number of likely N-dealkylation sites (tertiary alicyclic amines) is 1. The van der Waals surface area contributed by atoms with Crippen molar-refractivity contribution in [1.82, 2.24) is 20.5 Å². The van der Waals surface area contributed by atoms with E-state index >= 15 is 0 Å². The molecule has 2 aromatic carbocycles. The number of aromatic nitrogens is 1. The highest BCUT2D eigenvalue weighted by Crippen LogP contribution is 2.30. The van der Waals surface area contributed by atoms with Gasteiger partial charge in [0.25, 0.3) is 5.91 Å². The highest BCUT2D eigenvalue weighted by Gasteiger charge is 2.32. The van der Waals surface area contributed by atoms with E-state index < -0.39 is 0 Å². The van der Waals surface area contributed by atoms with Crippen LogP contribution < -0.4 is 29.6 Å². The van der Waals surface area contributed by atoms with Crippen LogP contribution in [0.4, 0.5) is 0 Å². The van der Waals surface area contributed by atoms with Gasteiger partial charge in [-0.25, -0.2) is 0 Å². The summed E-state index contributed by atoms with van der Waals surface area (Å²) in [6.45, 7) is 4.18. The van der Waals surface area contributed by atoms with Crippen LogP contribution in [0.1, 0.15) is 35.4 Å². The molecule has 2 atom stereocenters. The molecule has 10 heteroatoms. The summed E-state index contributed by atoms with van der Waals surface area (Å²) in [6.07, 6.45) is 1.24. The molecule has 1 saturated heterocycles. The number of hydrogen-bond donors (Lipinski definition) is 2. The minimum Gasteiger partial charge on any atom is -0.496 e. The van der Waals surface area contributed by atoms with E-state index in [4.69, 9.17) is 18.9 Å². The van der Waals surface area contributed by atoms with Crippen molar-refractivity contribution in [1.29, 1.82) is 0 Å². The molecule has 3 aliphatic rings. The number of nitrogens with one attached hydrogen (secondary N) is 2. The minimum absolute atomic E-state index is 0.0802. The molecule has 0 unspecified atom stereocenters. The van der Waals surface area contributed by atoms with E-state index in [-0.39, 0.29) is 30.6 Å². The number of amides is 2. The average molecular weight is 575 g/mol. The van der Waals surface area contributed by atoms with Gasteiger partial charge < -0.3 is 29.6 Å². The molecule has 0 aliphatic carbocycles. The molecular weight excluding hydrogens is 536 g/mol. The van der Waals surface area contributed by atoms with Crippen LogP contribution in [0.15, 0.2) is 54.6 Å². The highest BCUT2D eigenvalue weighted by atomic mass is 16.5. The lowest BCUT2D eigenvalue weighted by molar-refractivity contribution is -0.125. The van der Waals surface area contributed by atoms with Crippen molar-refractivity contribution in [3.8, 4) is 23.0 Å². The number of methoxy groups -OCH3 is 2. The van der Waals surface area contributed by atoms with Gasteiger partial charge in [0.1, 0.15) is 17.6 Å². The Morgan fingerprint density at radius 1 is 1.00 bits per heavy atom. The standard InChI is InChI=1S/C32H38N4O6/c1-21-5-4-6-24(34-21)18-36-14-13-27-26(19-36)35-32(38)20-41-30-15-22(7-11-28(30)39-2)8-12-31(37)33-17-23-9-10-25(42-27)16-29(23)40-3/h4-7,9-11,15-16,26-27H,8,12-14,17-20H2,1-3H3,(H,33,37)(H,35,38)/t26-,27+/m1/s1. The molecule has 10 nitrogen and oxygen atoms in total. The molecule has 0 saturated carbocycles. The van der Waals surface area contributed by atoms with Gasteiger partial charge in [-0.05, 0) is 61.7 Å². The Kier molecular flexibility index (Phi) is 9.43. The molecule has 4 heterocycles. The normalized spacial score (nSPS) is 20.0. The fraction of sp³-hybridized carbons (Fsp3) is 0.406. The van der Waals surface area contributed by atoms with Crippen molar-refractivity contribution in [3.63, 3.8) is 0 Å². The van der Waals surface area contributed by atoms with Gasteiger partial charge >= 0.3 is 0 Å². The van der Waals surface area contributed by atoms with Gasteiger partial charge in [-0.15, -0.1) is 0 Å². The number of hydrogen-bond acceptors (Lipinski definition) is 8. The number of nitrogens with zero attached hydrogens (tertiary/aromatic N) is 2. The lowest BCUT2D eigenvalue weighted by atomic mass is 10.0. The van der Waals surface area contributed by atoms with Crippen LogP contribution in [-0.2, 0) is 29.1 Å². The second-order valence-electron chi connectivity index (χ2n) is 10.6. The molecule has 3 aliphatic heterocycles. The largest absolute Gasteiger partial charge is 0.496 e. The summed E-state index contributed by atoms with van der Waals surface area (Å²) < 4.78 is 23.4. The van der Waals surface area contributed by atoms with Crippen molar-refractivity contribution in [2.45, 2.75) is 51.4 Å². The number of ether oxygens (including phenoxy) is 4. The van der Waals surface area contributed by atoms with Crippen LogP contribution in [-0.4, -0.2) is 67.8 Å². The zero-order valence-electron chi connectivity index (χ0n) is 24.4. The van der Waals surface area contributed by atoms with E-state index in [0.29, 0.717) is 61.9 Å². The molecule has 2 amide bonds. The Balaban J connectivity index is 1.40. The van der Waals surface area contributed by atoms with Crippen molar-refractivity contribution in [2.75, 3.05) is 33.9 Å². The summed E-state index contributed by atoms with van der Waals surface area (Å²) in [5.41, 5.74) is 3.71. The van der Waals surface area contributed by atoms with Crippen LogP contribution in [0.5, 0.6) is 23.0 Å². The predicted molar refractivity (Wildman–Crippen MR) is 157 cm³/mol. The summed E-state index contributed by atoms with van der Waals surface area (Å²) in [7, 11) is 3.15. The molecule has 4 bridgehead atoms. The van der Waals surface area contributed by atoms with Crippen LogP contribution in [0.25, 0.3) is 0 Å². The monoisotopic (exact) mass is 574 g/mol. The SMILES string of the molecule is COc1cc2ccc1CNC(=O)CCc1ccc(OC)c(c1)OCC(=O)N[C@@H]1CN(Cc3cccc(C)n3)CC[C@@H]1O2. The summed E-state index contributed by atoms with van der Waals surface area (Å²) in [5, 5.41) is 6.13. The number of aryl methyl sites for hydroxylation is 2. The van der Waals surface area contributed by atoms with Crippen LogP contribution >= 0.6 is 0 Å². The van der Waals surface area contributed by atoms with E-state index in [1.54, 1.807) is 20.3 Å². The summed E-state index contributed by atoms with van der Waals surface area (Å²) in [5.74, 6) is 1.89. The van der Waals surface area contributed by atoms with Gasteiger partial charge in [-0.1, -0.05) is 12.1 Å². The number of pyridine rings is 1. The predicted octanol–water partition coefficient (Wildman–Crippen LogP) is 3.19. The number of piperidine rings is 1. The van der Waals surface area contributed by atoms with E-state index in [2.05, 4.69) is 20.5 Å². The molecule has 0 spiro atoms. The van der Waals surface area contributed by atoms with E-state index in [1.807, 2.05) is 55.5 Å². The third-order valence-corrected chi connectivity index (χ3v) is 7.56. The molecule has 42 heavy (non-hydrogen) atoms. The minimum atomic E-state index is -0.292. The van der Waals surface area contributed by atoms with Crippen molar-refractivity contribution in [3.05, 3.63) is 77.1 Å². The molecule has 0 radical (unpaired) electrons. The summed E-state index contributed by atoms with van der Waals surface area (Å²) in [6, 6.07) is 16.8. The van der Waals surface area contributed by atoms with Crippen LogP contribution in [0.2, 0.25) is 0 Å². The Bertz CT molecular complexity index is 1410. The number of benzene rings is 2. The average Bonchev–Trinajstić information content (AvgIpc) is 2.99. The molecular formula is C32H38N4O6. The second-order valence-corrected chi connectivity index (χ2v) is 10.6. The molecule has 222 valence electrons. The quantitative estimate of drug-likeness (QED) is 0.489. The Hall–Kier alpha value is -4.31. The maximum atomic E-state index is 13.2. The molecule has 1 aromatic heterocycles. The van der Waals surface area contributed by atoms with E-state index in [9.17, 15) is 9.59 Å². The molecule has 2 N–H and O–H groups in total. The van der Waals surface area contributed by atoms with E-state index in [0.717, 1.165) is 29.1 Å². The second kappa shape index (κ2) is 13.6. The summed E-state index contributed by atoms with van der Waals surface area (Å²) >= 11 is 0. The first-order valence-electron chi connectivity index (χ1n) is 14.2. The highest BCUT2D eigenvalue weighted by molar-refractivity contribution is 5.78. The van der Waals surface area contributed by atoms with Crippen LogP contribution in [0.3, 0.4) is 0 Å². The van der Waals surface area contributed by atoms with Gasteiger partial charge in [-0.2, -0.15) is 0 Å². The lowest BCUT2D eigenvalue weighted by Crippen LogP contribution is -2.57. The van der Waals surface area contributed by atoms with Gasteiger partial charge in [0, 0.05) is 49.9 Å². The lowest BCUT2D eigenvalue weighted by Gasteiger charge is -2.38. The number of rotatable bonds is 4. The fourth-order valence-corrected chi connectivity index (χ4v) is 5.38. The number of fused-ring (bicyclic) bond motifs is 9.